The second-order valence-corrected chi connectivity index (χ2v) is 6.13. The lowest BCUT2D eigenvalue weighted by Gasteiger charge is -2.29. The first kappa shape index (κ1) is 12.5. The number of nitrogens with one attached hydrogen (secondary N) is 1. The molecule has 1 rings (SSSR count). The zero-order valence-corrected chi connectivity index (χ0v) is 10.6. The van der Waals surface area contributed by atoms with E-state index >= 15 is 0 Å². The van der Waals surface area contributed by atoms with Crippen molar-refractivity contribution >= 4 is 0 Å². The summed E-state index contributed by atoms with van der Waals surface area (Å²) >= 11 is 0. The Hall–Kier alpha value is -0.550. The highest BCUT2D eigenvalue weighted by molar-refractivity contribution is 4.94. The number of nitrogens with zero attached hydrogens (tertiary/aromatic N) is 1. The molecule has 0 aliphatic heterocycles. The monoisotopic (exact) mass is 208 g/mol. The van der Waals surface area contributed by atoms with Gasteiger partial charge in [-0.1, -0.05) is 20.3 Å². The minimum Gasteiger partial charge on any atom is -0.313 e. The maximum atomic E-state index is 8.91. The Morgan fingerprint density at radius 2 is 2.13 bits per heavy atom. The van der Waals surface area contributed by atoms with Gasteiger partial charge in [0.1, 0.15) is 0 Å². The van der Waals surface area contributed by atoms with Crippen LogP contribution in [0, 0.1) is 22.2 Å². The van der Waals surface area contributed by atoms with E-state index in [1.54, 1.807) is 0 Å². The molecule has 0 bridgehead atoms. The number of hydrogen-bond donors (Lipinski definition) is 1. The Bertz CT molecular complexity index is 248. The smallest absolute Gasteiger partial charge is 0.0684 e. The van der Waals surface area contributed by atoms with Gasteiger partial charge in [0.2, 0.25) is 0 Å². The molecule has 1 aliphatic carbocycles. The highest BCUT2D eigenvalue weighted by Gasteiger charge is 2.34. The van der Waals surface area contributed by atoms with Crippen LogP contribution in [0.5, 0.6) is 0 Å². The van der Waals surface area contributed by atoms with E-state index in [0.29, 0.717) is 11.5 Å². The summed E-state index contributed by atoms with van der Waals surface area (Å²) in [6.07, 6.45) is 4.90. The average Bonchev–Trinajstić information content (AvgIpc) is 2.46. The van der Waals surface area contributed by atoms with Crippen LogP contribution in [0.2, 0.25) is 0 Å². The van der Waals surface area contributed by atoms with E-state index in [0.717, 1.165) is 13.0 Å². The Balaban J connectivity index is 2.30. The molecule has 15 heavy (non-hydrogen) atoms. The zero-order valence-electron chi connectivity index (χ0n) is 10.6. The lowest BCUT2D eigenvalue weighted by molar-refractivity contribution is 0.274. The second-order valence-electron chi connectivity index (χ2n) is 6.13. The Morgan fingerprint density at radius 3 is 2.60 bits per heavy atom. The van der Waals surface area contributed by atoms with E-state index in [4.69, 9.17) is 5.26 Å². The van der Waals surface area contributed by atoms with Crippen molar-refractivity contribution in [1.82, 2.24) is 5.32 Å². The standard InChI is InChI=1S/C13H24N2/c1-12(2,10-14)8-9-15-11-6-5-7-13(11,3)4/h11,15H,5-9H2,1-4H3. The predicted octanol–water partition coefficient (Wildman–Crippen LogP) is 3.09. The number of hydrogen-bond acceptors (Lipinski definition) is 2. The zero-order chi connectivity index (χ0) is 11.5. The summed E-state index contributed by atoms with van der Waals surface area (Å²) in [6.45, 7) is 9.66. The van der Waals surface area contributed by atoms with Crippen molar-refractivity contribution < 1.29 is 0 Å². The first-order chi connectivity index (χ1) is 6.87. The summed E-state index contributed by atoms with van der Waals surface area (Å²) in [5.74, 6) is 0. The molecule has 2 nitrogen and oxygen atoms in total. The molecule has 1 saturated carbocycles. The van der Waals surface area contributed by atoms with Gasteiger partial charge in [-0.3, -0.25) is 0 Å². The van der Waals surface area contributed by atoms with Gasteiger partial charge in [0.25, 0.3) is 0 Å². The van der Waals surface area contributed by atoms with Gasteiger partial charge in [-0.15, -0.1) is 0 Å². The Morgan fingerprint density at radius 1 is 1.47 bits per heavy atom. The molecule has 0 heterocycles. The van der Waals surface area contributed by atoms with Crippen LogP contribution < -0.4 is 5.32 Å². The van der Waals surface area contributed by atoms with Gasteiger partial charge >= 0.3 is 0 Å². The highest BCUT2D eigenvalue weighted by atomic mass is 14.9. The SMILES string of the molecule is CC(C)(C#N)CCNC1CCCC1(C)C. The maximum absolute atomic E-state index is 8.91. The molecular formula is C13H24N2. The van der Waals surface area contributed by atoms with Crippen molar-refractivity contribution in [2.75, 3.05) is 6.54 Å². The van der Waals surface area contributed by atoms with Crippen molar-refractivity contribution in [2.24, 2.45) is 10.8 Å². The molecule has 1 aliphatic rings. The fourth-order valence-corrected chi connectivity index (χ4v) is 2.32. The molecule has 1 N–H and O–H groups in total. The average molecular weight is 208 g/mol. The number of nitriles is 1. The van der Waals surface area contributed by atoms with E-state index in [1.165, 1.54) is 19.3 Å². The minimum atomic E-state index is -0.185. The number of rotatable bonds is 4. The van der Waals surface area contributed by atoms with Crippen molar-refractivity contribution in [3.8, 4) is 6.07 Å². The first-order valence-corrected chi connectivity index (χ1v) is 6.02. The van der Waals surface area contributed by atoms with Gasteiger partial charge in [0.05, 0.1) is 11.5 Å². The quantitative estimate of drug-likeness (QED) is 0.770. The van der Waals surface area contributed by atoms with E-state index < -0.39 is 0 Å². The Labute approximate surface area is 94.1 Å². The lowest BCUT2D eigenvalue weighted by Crippen LogP contribution is -2.39. The van der Waals surface area contributed by atoms with Crippen molar-refractivity contribution in [2.45, 2.75) is 59.4 Å². The third-order valence-corrected chi connectivity index (χ3v) is 3.70. The van der Waals surface area contributed by atoms with Crippen LogP contribution in [0.25, 0.3) is 0 Å². The van der Waals surface area contributed by atoms with Gasteiger partial charge in [-0.25, -0.2) is 0 Å². The molecule has 0 spiro atoms. The molecule has 0 aromatic rings. The van der Waals surface area contributed by atoms with Gasteiger partial charge in [0, 0.05) is 6.04 Å². The molecule has 1 fully saturated rings. The molecule has 0 aromatic carbocycles. The van der Waals surface area contributed by atoms with Crippen LogP contribution in [-0.2, 0) is 0 Å². The molecular weight excluding hydrogens is 184 g/mol. The minimum absolute atomic E-state index is 0.185. The van der Waals surface area contributed by atoms with Gasteiger partial charge in [-0.05, 0) is 45.1 Å². The van der Waals surface area contributed by atoms with E-state index in [2.05, 4.69) is 25.2 Å². The molecule has 0 aromatic heterocycles. The fourth-order valence-electron chi connectivity index (χ4n) is 2.32. The van der Waals surface area contributed by atoms with E-state index in [-0.39, 0.29) is 5.41 Å². The van der Waals surface area contributed by atoms with Crippen molar-refractivity contribution in [3.05, 3.63) is 0 Å². The van der Waals surface area contributed by atoms with Crippen LogP contribution >= 0.6 is 0 Å². The normalized spacial score (nSPS) is 25.1. The largest absolute Gasteiger partial charge is 0.313 e. The summed E-state index contributed by atoms with van der Waals surface area (Å²) in [6, 6.07) is 2.99. The molecule has 2 heteroatoms. The van der Waals surface area contributed by atoms with Crippen LogP contribution in [0.3, 0.4) is 0 Å². The maximum Gasteiger partial charge on any atom is 0.0684 e. The van der Waals surface area contributed by atoms with Crippen molar-refractivity contribution in [1.29, 1.82) is 5.26 Å². The topological polar surface area (TPSA) is 35.8 Å². The van der Waals surface area contributed by atoms with Crippen LogP contribution in [-0.4, -0.2) is 12.6 Å². The third kappa shape index (κ3) is 3.50. The summed E-state index contributed by atoms with van der Waals surface area (Å²) in [5.41, 5.74) is 0.256. The molecule has 0 amide bonds. The fraction of sp³-hybridized carbons (Fsp3) is 0.923. The predicted molar refractivity (Wildman–Crippen MR) is 63.4 cm³/mol. The summed E-state index contributed by atoms with van der Waals surface area (Å²) in [7, 11) is 0. The summed E-state index contributed by atoms with van der Waals surface area (Å²) < 4.78 is 0. The van der Waals surface area contributed by atoms with Gasteiger partial charge in [0.15, 0.2) is 0 Å². The molecule has 1 atom stereocenters. The molecule has 0 saturated heterocycles. The lowest BCUT2D eigenvalue weighted by atomic mass is 9.86. The first-order valence-electron chi connectivity index (χ1n) is 6.02. The highest BCUT2D eigenvalue weighted by Crippen LogP contribution is 2.37. The van der Waals surface area contributed by atoms with Gasteiger partial charge in [-0.2, -0.15) is 5.26 Å². The molecule has 1 unspecified atom stereocenters. The van der Waals surface area contributed by atoms with Crippen LogP contribution in [0.15, 0.2) is 0 Å². The van der Waals surface area contributed by atoms with Crippen LogP contribution in [0.4, 0.5) is 0 Å². The Kier molecular flexibility index (Phi) is 3.78. The van der Waals surface area contributed by atoms with Crippen LogP contribution in [0.1, 0.15) is 53.4 Å². The summed E-state index contributed by atoms with van der Waals surface area (Å²) in [4.78, 5) is 0. The summed E-state index contributed by atoms with van der Waals surface area (Å²) in [5, 5.41) is 12.5. The second kappa shape index (κ2) is 4.53. The molecule has 0 radical (unpaired) electrons. The van der Waals surface area contributed by atoms with Crippen molar-refractivity contribution in [3.63, 3.8) is 0 Å². The van der Waals surface area contributed by atoms with E-state index in [9.17, 15) is 0 Å². The van der Waals surface area contributed by atoms with E-state index in [1.807, 2.05) is 13.8 Å². The third-order valence-electron chi connectivity index (χ3n) is 3.70. The molecule has 86 valence electrons. The van der Waals surface area contributed by atoms with Gasteiger partial charge < -0.3 is 5.32 Å².